The third-order valence-electron chi connectivity index (χ3n) is 3.15. The van der Waals surface area contributed by atoms with Crippen LogP contribution >= 0.6 is 0 Å². The van der Waals surface area contributed by atoms with E-state index in [1.165, 1.54) is 6.07 Å². The second-order valence-electron chi connectivity index (χ2n) is 4.80. The molecule has 2 aromatic rings. The summed E-state index contributed by atoms with van der Waals surface area (Å²) in [6, 6.07) is 10.5. The number of halogens is 1. The molecule has 0 aliphatic carbocycles. The molecule has 1 atom stereocenters. The van der Waals surface area contributed by atoms with Gasteiger partial charge in [0.2, 0.25) is 0 Å². The van der Waals surface area contributed by atoms with E-state index in [9.17, 15) is 4.39 Å². The highest BCUT2D eigenvalue weighted by atomic mass is 19.1. The molecule has 1 heterocycles. The van der Waals surface area contributed by atoms with Gasteiger partial charge in [-0.2, -0.15) is 0 Å². The lowest BCUT2D eigenvalue weighted by atomic mass is 10.1. The average Bonchev–Trinajstić information content (AvgIpc) is 2.44. The van der Waals surface area contributed by atoms with Gasteiger partial charge in [-0.1, -0.05) is 12.1 Å². The number of aromatic nitrogens is 1. The molecule has 1 aromatic carbocycles. The number of hydrogen-bond donors (Lipinski definition) is 1. The Labute approximate surface area is 118 Å². The minimum Gasteiger partial charge on any atom is -0.497 e. The Kier molecular flexibility index (Phi) is 4.69. The molecule has 3 nitrogen and oxygen atoms in total. The van der Waals surface area contributed by atoms with E-state index in [0.717, 1.165) is 22.7 Å². The van der Waals surface area contributed by atoms with Crippen LogP contribution in [0.2, 0.25) is 0 Å². The van der Waals surface area contributed by atoms with Gasteiger partial charge < -0.3 is 10.1 Å². The summed E-state index contributed by atoms with van der Waals surface area (Å²) in [7, 11) is 1.64. The molecule has 0 spiro atoms. The summed E-state index contributed by atoms with van der Waals surface area (Å²) >= 11 is 0. The third-order valence-corrected chi connectivity index (χ3v) is 3.15. The Bertz CT molecular complexity index is 586. The van der Waals surface area contributed by atoms with Crippen molar-refractivity contribution in [3.63, 3.8) is 0 Å². The first-order valence-electron chi connectivity index (χ1n) is 6.59. The molecule has 4 heteroatoms. The number of methoxy groups -OCH3 is 1. The number of nitrogens with zero attached hydrogens (tertiary/aromatic N) is 1. The van der Waals surface area contributed by atoms with E-state index in [4.69, 9.17) is 4.74 Å². The smallest absolute Gasteiger partial charge is 0.123 e. The lowest BCUT2D eigenvalue weighted by Gasteiger charge is -2.14. The van der Waals surface area contributed by atoms with Crippen molar-refractivity contribution in [2.75, 3.05) is 7.11 Å². The second-order valence-corrected chi connectivity index (χ2v) is 4.80. The van der Waals surface area contributed by atoms with Crippen molar-refractivity contribution in [1.29, 1.82) is 0 Å². The molecule has 20 heavy (non-hydrogen) atoms. The van der Waals surface area contributed by atoms with Crippen LogP contribution in [0.1, 0.15) is 29.9 Å². The summed E-state index contributed by atoms with van der Waals surface area (Å²) in [5.41, 5.74) is 2.74. The summed E-state index contributed by atoms with van der Waals surface area (Å²) in [6.45, 7) is 4.54. The number of ether oxygens (including phenoxy) is 1. The van der Waals surface area contributed by atoms with Crippen LogP contribution in [-0.4, -0.2) is 12.1 Å². The van der Waals surface area contributed by atoms with Gasteiger partial charge in [-0.3, -0.25) is 4.98 Å². The lowest BCUT2D eigenvalue weighted by Crippen LogP contribution is -2.19. The Balaban J connectivity index is 2.03. The predicted molar refractivity (Wildman–Crippen MR) is 77.2 cm³/mol. The molecule has 0 saturated heterocycles. The normalized spacial score (nSPS) is 12.2. The van der Waals surface area contributed by atoms with Crippen molar-refractivity contribution >= 4 is 0 Å². The molecule has 0 fully saturated rings. The van der Waals surface area contributed by atoms with E-state index in [2.05, 4.69) is 10.3 Å². The quantitative estimate of drug-likeness (QED) is 0.907. The van der Waals surface area contributed by atoms with Crippen LogP contribution in [0.15, 0.2) is 36.4 Å². The molecule has 0 aliphatic heterocycles. The van der Waals surface area contributed by atoms with E-state index >= 15 is 0 Å². The molecule has 2 rings (SSSR count). The molecule has 106 valence electrons. The molecule has 1 N–H and O–H groups in total. The number of hydrogen-bond acceptors (Lipinski definition) is 3. The first kappa shape index (κ1) is 14.5. The molecular formula is C16H19FN2O. The van der Waals surface area contributed by atoms with Crippen molar-refractivity contribution in [2.24, 2.45) is 0 Å². The predicted octanol–water partition coefficient (Wildman–Crippen LogP) is 3.39. The molecular weight excluding hydrogens is 255 g/mol. The van der Waals surface area contributed by atoms with Gasteiger partial charge in [0.05, 0.1) is 12.8 Å². The van der Waals surface area contributed by atoms with Gasteiger partial charge in [0.1, 0.15) is 11.6 Å². The van der Waals surface area contributed by atoms with Gasteiger partial charge in [-0.15, -0.1) is 0 Å². The van der Waals surface area contributed by atoms with E-state index < -0.39 is 0 Å². The zero-order valence-corrected chi connectivity index (χ0v) is 12.0. The summed E-state index contributed by atoms with van der Waals surface area (Å²) in [4.78, 5) is 4.45. The number of nitrogens with one attached hydrogen (secondary N) is 1. The van der Waals surface area contributed by atoms with Gasteiger partial charge >= 0.3 is 0 Å². The molecule has 0 unspecified atom stereocenters. The number of pyridine rings is 1. The monoisotopic (exact) mass is 274 g/mol. The Hall–Kier alpha value is -1.94. The second kappa shape index (κ2) is 6.48. The van der Waals surface area contributed by atoms with Crippen molar-refractivity contribution in [2.45, 2.75) is 26.4 Å². The first-order valence-corrected chi connectivity index (χ1v) is 6.59. The Morgan fingerprint density at radius 1 is 1.30 bits per heavy atom. The van der Waals surface area contributed by atoms with Crippen molar-refractivity contribution in [3.8, 4) is 5.75 Å². The van der Waals surface area contributed by atoms with Crippen molar-refractivity contribution in [1.82, 2.24) is 10.3 Å². The van der Waals surface area contributed by atoms with Gasteiger partial charge in [-0.05, 0) is 31.5 Å². The van der Waals surface area contributed by atoms with Gasteiger partial charge in [0.15, 0.2) is 0 Å². The Morgan fingerprint density at radius 2 is 2.10 bits per heavy atom. The highest BCUT2D eigenvalue weighted by molar-refractivity contribution is 5.27. The summed E-state index contributed by atoms with van der Waals surface area (Å²) in [5.74, 6) is 0.583. The fourth-order valence-electron chi connectivity index (χ4n) is 2.06. The number of rotatable bonds is 5. The molecule has 0 aliphatic rings. The van der Waals surface area contributed by atoms with Crippen molar-refractivity contribution < 1.29 is 9.13 Å². The van der Waals surface area contributed by atoms with Gasteiger partial charge in [-0.25, -0.2) is 4.39 Å². The van der Waals surface area contributed by atoms with Crippen LogP contribution in [0.4, 0.5) is 4.39 Å². The first-order chi connectivity index (χ1) is 9.58. The maximum absolute atomic E-state index is 13.2. The molecule has 0 bridgehead atoms. The lowest BCUT2D eigenvalue weighted by molar-refractivity contribution is 0.412. The van der Waals surface area contributed by atoms with Crippen LogP contribution in [0.25, 0.3) is 0 Å². The molecule has 0 radical (unpaired) electrons. The summed E-state index contributed by atoms with van der Waals surface area (Å²) in [5, 5.41) is 3.34. The maximum Gasteiger partial charge on any atom is 0.123 e. The maximum atomic E-state index is 13.2. The zero-order valence-electron chi connectivity index (χ0n) is 12.0. The topological polar surface area (TPSA) is 34.1 Å². The third kappa shape index (κ3) is 3.78. The highest BCUT2D eigenvalue weighted by Gasteiger charge is 2.07. The highest BCUT2D eigenvalue weighted by Crippen LogP contribution is 2.16. The Morgan fingerprint density at radius 3 is 2.80 bits per heavy atom. The standard InChI is InChI=1S/C16H19FN2O/c1-11-7-16(20-3)9-15(19-11)10-18-12(2)13-5-4-6-14(17)8-13/h4-9,12,18H,10H2,1-3H3/t12-/m0/s1. The summed E-state index contributed by atoms with van der Waals surface area (Å²) in [6.07, 6.45) is 0. The molecule has 1 aromatic heterocycles. The fraction of sp³-hybridized carbons (Fsp3) is 0.312. The molecule has 0 amide bonds. The fourth-order valence-corrected chi connectivity index (χ4v) is 2.06. The van der Waals surface area contributed by atoms with Crippen LogP contribution in [-0.2, 0) is 6.54 Å². The largest absolute Gasteiger partial charge is 0.497 e. The minimum absolute atomic E-state index is 0.0546. The van der Waals surface area contributed by atoms with Crippen LogP contribution < -0.4 is 10.1 Å². The van der Waals surface area contributed by atoms with Crippen LogP contribution in [0.5, 0.6) is 5.75 Å². The van der Waals surface area contributed by atoms with E-state index in [0.29, 0.717) is 6.54 Å². The van der Waals surface area contributed by atoms with E-state index in [1.807, 2.05) is 32.0 Å². The van der Waals surface area contributed by atoms with E-state index in [1.54, 1.807) is 19.2 Å². The van der Waals surface area contributed by atoms with Gasteiger partial charge in [0, 0.05) is 30.4 Å². The number of benzene rings is 1. The number of aryl methyl sites for hydroxylation is 1. The van der Waals surface area contributed by atoms with Gasteiger partial charge in [0.25, 0.3) is 0 Å². The summed E-state index contributed by atoms with van der Waals surface area (Å²) < 4.78 is 18.4. The SMILES string of the molecule is COc1cc(C)nc(CN[C@@H](C)c2cccc(F)c2)c1. The van der Waals surface area contributed by atoms with Crippen LogP contribution in [0, 0.1) is 12.7 Å². The molecule has 0 saturated carbocycles. The minimum atomic E-state index is -0.216. The zero-order chi connectivity index (χ0) is 14.5. The van der Waals surface area contributed by atoms with Crippen molar-refractivity contribution in [3.05, 3.63) is 59.2 Å². The van der Waals surface area contributed by atoms with Crippen LogP contribution in [0.3, 0.4) is 0 Å². The average molecular weight is 274 g/mol. The van der Waals surface area contributed by atoms with E-state index in [-0.39, 0.29) is 11.9 Å².